The van der Waals surface area contributed by atoms with Crippen molar-refractivity contribution >= 4 is 0 Å². The van der Waals surface area contributed by atoms with Gasteiger partial charge in [-0.25, -0.2) is 0 Å². The summed E-state index contributed by atoms with van der Waals surface area (Å²) in [5, 5.41) is 12.2. The van der Waals surface area contributed by atoms with Crippen LogP contribution in [0.4, 0.5) is 0 Å². The summed E-state index contributed by atoms with van der Waals surface area (Å²) in [6.45, 7) is 8.68. The van der Waals surface area contributed by atoms with Crippen LogP contribution < -0.4 is 5.32 Å². The molecule has 1 rings (SSSR count). The standard InChI is InChI=1S/C13H25N3/c1-11(2)16(9-12-5-6-12)8-7-13(3,10-14)15-4/h11-12,15H,5-9H2,1-4H3. The Balaban J connectivity index is 2.39. The molecule has 0 aromatic carbocycles. The molecule has 1 atom stereocenters. The quantitative estimate of drug-likeness (QED) is 0.717. The number of rotatable bonds is 7. The van der Waals surface area contributed by atoms with Crippen LogP contribution in [0.1, 0.15) is 40.0 Å². The van der Waals surface area contributed by atoms with Crippen LogP contribution in [-0.2, 0) is 0 Å². The Bertz CT molecular complexity index is 252. The molecule has 1 fully saturated rings. The normalized spacial score (nSPS) is 19.8. The lowest BCUT2D eigenvalue weighted by Gasteiger charge is -2.30. The fourth-order valence-corrected chi connectivity index (χ4v) is 1.80. The van der Waals surface area contributed by atoms with Crippen molar-refractivity contribution in [2.75, 3.05) is 20.1 Å². The Kier molecular flexibility index (Phi) is 4.76. The van der Waals surface area contributed by atoms with E-state index in [9.17, 15) is 0 Å². The van der Waals surface area contributed by atoms with Gasteiger partial charge >= 0.3 is 0 Å². The number of nitrogens with zero attached hydrogens (tertiary/aromatic N) is 2. The minimum atomic E-state index is -0.378. The van der Waals surface area contributed by atoms with Gasteiger partial charge in [0.2, 0.25) is 0 Å². The zero-order chi connectivity index (χ0) is 12.2. The number of nitrogens with one attached hydrogen (secondary N) is 1. The average molecular weight is 223 g/mol. The molecule has 1 aliphatic carbocycles. The molecule has 1 N–H and O–H groups in total. The molecule has 0 saturated heterocycles. The van der Waals surface area contributed by atoms with Crippen molar-refractivity contribution in [2.45, 2.75) is 51.6 Å². The van der Waals surface area contributed by atoms with Crippen molar-refractivity contribution in [1.82, 2.24) is 10.2 Å². The van der Waals surface area contributed by atoms with Gasteiger partial charge in [-0.05, 0) is 53.0 Å². The van der Waals surface area contributed by atoms with Crippen LogP contribution in [0.2, 0.25) is 0 Å². The molecule has 0 aromatic heterocycles. The topological polar surface area (TPSA) is 39.1 Å². The summed E-state index contributed by atoms with van der Waals surface area (Å²) < 4.78 is 0. The van der Waals surface area contributed by atoms with Gasteiger partial charge in [0.05, 0.1) is 6.07 Å². The fourth-order valence-electron chi connectivity index (χ4n) is 1.80. The highest BCUT2D eigenvalue weighted by molar-refractivity contribution is 5.03. The molecule has 0 aliphatic heterocycles. The molecular formula is C13H25N3. The second-order valence-corrected chi connectivity index (χ2v) is 5.48. The van der Waals surface area contributed by atoms with E-state index in [4.69, 9.17) is 5.26 Å². The van der Waals surface area contributed by atoms with Crippen LogP contribution in [0.3, 0.4) is 0 Å². The largest absolute Gasteiger partial charge is 0.303 e. The van der Waals surface area contributed by atoms with Crippen molar-refractivity contribution in [3.8, 4) is 6.07 Å². The van der Waals surface area contributed by atoms with Gasteiger partial charge in [-0.15, -0.1) is 0 Å². The van der Waals surface area contributed by atoms with E-state index in [1.54, 1.807) is 0 Å². The maximum atomic E-state index is 9.10. The molecule has 3 nitrogen and oxygen atoms in total. The smallest absolute Gasteiger partial charge is 0.104 e. The second kappa shape index (κ2) is 5.65. The molecule has 1 saturated carbocycles. The SMILES string of the molecule is CNC(C)(C#N)CCN(CC1CC1)C(C)C. The van der Waals surface area contributed by atoms with Crippen LogP contribution in [0, 0.1) is 17.2 Å². The minimum Gasteiger partial charge on any atom is -0.303 e. The molecule has 92 valence electrons. The molecular weight excluding hydrogens is 198 g/mol. The van der Waals surface area contributed by atoms with Crippen molar-refractivity contribution in [1.29, 1.82) is 5.26 Å². The first-order valence-electron chi connectivity index (χ1n) is 6.35. The highest BCUT2D eigenvalue weighted by Crippen LogP contribution is 2.30. The highest BCUT2D eigenvalue weighted by Gasteiger charge is 2.27. The van der Waals surface area contributed by atoms with E-state index in [0.29, 0.717) is 6.04 Å². The molecule has 3 heteroatoms. The van der Waals surface area contributed by atoms with Gasteiger partial charge in [-0.3, -0.25) is 0 Å². The Hall–Kier alpha value is -0.590. The lowest BCUT2D eigenvalue weighted by Crippen LogP contribution is -2.43. The van der Waals surface area contributed by atoms with Crippen LogP contribution in [0.15, 0.2) is 0 Å². The monoisotopic (exact) mass is 223 g/mol. The van der Waals surface area contributed by atoms with Gasteiger partial charge in [0.25, 0.3) is 0 Å². The van der Waals surface area contributed by atoms with E-state index in [0.717, 1.165) is 18.9 Å². The summed E-state index contributed by atoms with van der Waals surface area (Å²) >= 11 is 0. The Morgan fingerprint density at radius 3 is 2.50 bits per heavy atom. The summed E-state index contributed by atoms with van der Waals surface area (Å²) in [6, 6.07) is 2.94. The lowest BCUT2D eigenvalue weighted by atomic mass is 9.99. The fraction of sp³-hybridized carbons (Fsp3) is 0.923. The van der Waals surface area contributed by atoms with Crippen molar-refractivity contribution in [3.05, 3.63) is 0 Å². The minimum absolute atomic E-state index is 0.378. The van der Waals surface area contributed by atoms with E-state index in [1.807, 2.05) is 14.0 Å². The van der Waals surface area contributed by atoms with E-state index in [2.05, 4.69) is 30.1 Å². The van der Waals surface area contributed by atoms with E-state index < -0.39 is 0 Å². The second-order valence-electron chi connectivity index (χ2n) is 5.48. The maximum absolute atomic E-state index is 9.10. The molecule has 1 aliphatic rings. The van der Waals surface area contributed by atoms with Crippen LogP contribution in [-0.4, -0.2) is 36.6 Å². The first-order valence-corrected chi connectivity index (χ1v) is 6.35. The third kappa shape index (κ3) is 4.11. The summed E-state index contributed by atoms with van der Waals surface area (Å²) in [6.07, 6.45) is 3.68. The molecule has 0 spiro atoms. The molecule has 0 aromatic rings. The van der Waals surface area contributed by atoms with Crippen LogP contribution >= 0.6 is 0 Å². The molecule has 0 bridgehead atoms. The van der Waals surface area contributed by atoms with Crippen LogP contribution in [0.5, 0.6) is 0 Å². The van der Waals surface area contributed by atoms with Gasteiger partial charge in [-0.2, -0.15) is 5.26 Å². The zero-order valence-electron chi connectivity index (χ0n) is 11.1. The summed E-state index contributed by atoms with van der Waals surface area (Å²) in [5.74, 6) is 0.922. The Morgan fingerprint density at radius 2 is 2.12 bits per heavy atom. The Labute approximate surface area is 99.8 Å². The highest BCUT2D eigenvalue weighted by atomic mass is 15.2. The average Bonchev–Trinajstić information content (AvgIpc) is 3.07. The summed E-state index contributed by atoms with van der Waals surface area (Å²) in [4.78, 5) is 2.50. The van der Waals surface area contributed by atoms with Gasteiger partial charge < -0.3 is 10.2 Å². The van der Waals surface area contributed by atoms with Gasteiger partial charge in [0.1, 0.15) is 5.54 Å². The lowest BCUT2D eigenvalue weighted by molar-refractivity contribution is 0.195. The summed E-state index contributed by atoms with van der Waals surface area (Å²) in [5.41, 5.74) is -0.378. The van der Waals surface area contributed by atoms with Crippen molar-refractivity contribution in [3.63, 3.8) is 0 Å². The Morgan fingerprint density at radius 1 is 1.50 bits per heavy atom. The number of hydrogen-bond acceptors (Lipinski definition) is 3. The first-order chi connectivity index (χ1) is 7.50. The predicted octanol–water partition coefficient (Wildman–Crippen LogP) is 2.00. The molecule has 0 amide bonds. The van der Waals surface area contributed by atoms with Crippen molar-refractivity contribution < 1.29 is 0 Å². The van der Waals surface area contributed by atoms with Crippen molar-refractivity contribution in [2.24, 2.45) is 5.92 Å². The molecule has 0 radical (unpaired) electrons. The first kappa shape index (κ1) is 13.5. The number of hydrogen-bond donors (Lipinski definition) is 1. The van der Waals surface area contributed by atoms with E-state index in [1.165, 1.54) is 19.4 Å². The van der Waals surface area contributed by atoms with Gasteiger partial charge in [-0.1, -0.05) is 0 Å². The number of nitriles is 1. The van der Waals surface area contributed by atoms with Crippen LogP contribution in [0.25, 0.3) is 0 Å². The van der Waals surface area contributed by atoms with E-state index >= 15 is 0 Å². The van der Waals surface area contributed by atoms with Gasteiger partial charge in [0, 0.05) is 19.1 Å². The molecule has 0 heterocycles. The maximum Gasteiger partial charge on any atom is 0.104 e. The van der Waals surface area contributed by atoms with E-state index in [-0.39, 0.29) is 5.54 Å². The third-order valence-corrected chi connectivity index (χ3v) is 3.62. The molecule has 1 unspecified atom stereocenters. The zero-order valence-corrected chi connectivity index (χ0v) is 11.1. The predicted molar refractivity (Wildman–Crippen MR) is 67.1 cm³/mol. The van der Waals surface area contributed by atoms with Gasteiger partial charge in [0.15, 0.2) is 0 Å². The molecule has 16 heavy (non-hydrogen) atoms. The summed E-state index contributed by atoms with van der Waals surface area (Å²) in [7, 11) is 1.86. The third-order valence-electron chi connectivity index (χ3n) is 3.62.